The van der Waals surface area contributed by atoms with Crippen molar-refractivity contribution in [1.82, 2.24) is 10.3 Å². The molecule has 0 aliphatic rings. The number of aryl methyl sites for hydroxylation is 1. The highest BCUT2D eigenvalue weighted by molar-refractivity contribution is 14.1. The molecule has 0 aliphatic heterocycles. The van der Waals surface area contributed by atoms with E-state index in [4.69, 9.17) is 0 Å². The largest absolute Gasteiger partial charge is 0.313 e. The first kappa shape index (κ1) is 13.5. The first-order valence-corrected chi connectivity index (χ1v) is 7.11. The summed E-state index contributed by atoms with van der Waals surface area (Å²) < 4.78 is 1.28. The Hall–Kier alpha value is -0.940. The molecule has 0 aliphatic carbocycles. The Morgan fingerprint density at radius 2 is 1.94 bits per heavy atom. The summed E-state index contributed by atoms with van der Waals surface area (Å²) in [6.45, 7) is 2.03. The van der Waals surface area contributed by atoms with E-state index in [1.807, 2.05) is 20.2 Å². The van der Waals surface area contributed by atoms with Crippen LogP contribution in [-0.4, -0.2) is 12.0 Å². The van der Waals surface area contributed by atoms with Crippen LogP contribution in [0.5, 0.6) is 0 Å². The number of rotatable bonds is 4. The van der Waals surface area contributed by atoms with E-state index in [-0.39, 0.29) is 0 Å². The zero-order valence-electron chi connectivity index (χ0n) is 10.7. The molecule has 18 heavy (non-hydrogen) atoms. The lowest BCUT2D eigenvalue weighted by Crippen LogP contribution is -2.19. The summed E-state index contributed by atoms with van der Waals surface area (Å²) in [5.74, 6) is 0. The summed E-state index contributed by atoms with van der Waals surface area (Å²) in [6.07, 6.45) is 2.87. The maximum absolute atomic E-state index is 4.25. The average molecular weight is 352 g/mol. The molecule has 2 nitrogen and oxygen atoms in total. The van der Waals surface area contributed by atoms with E-state index in [0.29, 0.717) is 6.04 Å². The minimum absolute atomic E-state index is 0.340. The Balaban J connectivity index is 2.17. The van der Waals surface area contributed by atoms with E-state index in [1.165, 1.54) is 14.7 Å². The Labute approximate surface area is 122 Å². The van der Waals surface area contributed by atoms with Crippen LogP contribution in [0.2, 0.25) is 0 Å². The number of pyridine rings is 1. The van der Waals surface area contributed by atoms with Gasteiger partial charge in [-0.1, -0.05) is 12.1 Å². The van der Waals surface area contributed by atoms with Gasteiger partial charge in [0.05, 0.1) is 0 Å². The van der Waals surface area contributed by atoms with E-state index < -0.39 is 0 Å². The third-order valence-corrected chi connectivity index (χ3v) is 3.74. The van der Waals surface area contributed by atoms with Gasteiger partial charge in [-0.15, -0.1) is 0 Å². The summed E-state index contributed by atoms with van der Waals surface area (Å²) in [4.78, 5) is 4.25. The normalized spacial score (nSPS) is 12.4. The van der Waals surface area contributed by atoms with Gasteiger partial charge in [-0.05, 0) is 78.4 Å². The molecule has 0 saturated carbocycles. The molecule has 0 bridgehead atoms. The van der Waals surface area contributed by atoms with Crippen LogP contribution in [0.25, 0.3) is 0 Å². The molecule has 1 unspecified atom stereocenters. The summed E-state index contributed by atoms with van der Waals surface area (Å²) in [6, 6.07) is 13.3. The molecule has 0 fully saturated rings. The fourth-order valence-electron chi connectivity index (χ4n) is 2.03. The molecule has 3 heteroatoms. The van der Waals surface area contributed by atoms with Crippen LogP contribution in [0, 0.1) is 10.5 Å². The zero-order valence-corrected chi connectivity index (χ0v) is 12.8. The SMILES string of the molecule is CNC(Cc1ccc(I)cc1)c1ccnc(C)c1. The number of hydrogen-bond donors (Lipinski definition) is 1. The summed E-state index contributed by atoms with van der Waals surface area (Å²) in [5.41, 5.74) is 3.71. The molecule has 1 atom stereocenters. The number of benzene rings is 1. The first-order valence-electron chi connectivity index (χ1n) is 6.03. The van der Waals surface area contributed by atoms with Gasteiger partial charge < -0.3 is 5.32 Å². The Morgan fingerprint density at radius 3 is 2.56 bits per heavy atom. The average Bonchev–Trinajstić information content (AvgIpc) is 2.38. The van der Waals surface area contributed by atoms with Crippen molar-refractivity contribution in [2.24, 2.45) is 0 Å². The second-order valence-corrected chi connectivity index (χ2v) is 5.65. The smallest absolute Gasteiger partial charge is 0.0375 e. The van der Waals surface area contributed by atoms with Gasteiger partial charge >= 0.3 is 0 Å². The standard InChI is InChI=1S/C15H17IN2/c1-11-9-13(7-8-18-11)15(17-2)10-12-3-5-14(16)6-4-12/h3-9,15,17H,10H2,1-2H3. The molecule has 2 aromatic rings. The molecule has 1 N–H and O–H groups in total. The van der Waals surface area contributed by atoms with Crippen molar-refractivity contribution in [2.45, 2.75) is 19.4 Å². The van der Waals surface area contributed by atoms with Crippen LogP contribution in [0.15, 0.2) is 42.6 Å². The van der Waals surface area contributed by atoms with Gasteiger partial charge in [0.1, 0.15) is 0 Å². The highest BCUT2D eigenvalue weighted by atomic mass is 127. The van der Waals surface area contributed by atoms with Crippen molar-refractivity contribution in [1.29, 1.82) is 0 Å². The lowest BCUT2D eigenvalue weighted by atomic mass is 9.99. The van der Waals surface area contributed by atoms with Gasteiger partial charge in [-0.3, -0.25) is 4.98 Å². The minimum Gasteiger partial charge on any atom is -0.313 e. The van der Waals surface area contributed by atoms with E-state index in [0.717, 1.165) is 12.1 Å². The van der Waals surface area contributed by atoms with E-state index in [9.17, 15) is 0 Å². The summed E-state index contributed by atoms with van der Waals surface area (Å²) in [7, 11) is 2.01. The van der Waals surface area contributed by atoms with Crippen LogP contribution in [0.1, 0.15) is 22.9 Å². The van der Waals surface area contributed by atoms with Gasteiger partial charge in [0, 0.05) is 21.5 Å². The zero-order chi connectivity index (χ0) is 13.0. The number of halogens is 1. The van der Waals surface area contributed by atoms with Crippen LogP contribution in [0.4, 0.5) is 0 Å². The third-order valence-electron chi connectivity index (χ3n) is 3.02. The molecule has 0 amide bonds. The summed E-state index contributed by atoms with van der Waals surface area (Å²) in [5, 5.41) is 3.38. The Morgan fingerprint density at radius 1 is 1.22 bits per heavy atom. The maximum Gasteiger partial charge on any atom is 0.0375 e. The van der Waals surface area contributed by atoms with Crippen molar-refractivity contribution in [3.63, 3.8) is 0 Å². The third kappa shape index (κ3) is 3.53. The van der Waals surface area contributed by atoms with Gasteiger partial charge in [0.15, 0.2) is 0 Å². The highest BCUT2D eigenvalue weighted by Crippen LogP contribution is 2.19. The molecular weight excluding hydrogens is 335 g/mol. The summed E-state index contributed by atoms with van der Waals surface area (Å²) >= 11 is 2.33. The highest BCUT2D eigenvalue weighted by Gasteiger charge is 2.10. The molecule has 1 aromatic heterocycles. The van der Waals surface area contributed by atoms with E-state index >= 15 is 0 Å². The number of likely N-dealkylation sites (N-methyl/N-ethyl adjacent to an activating group) is 1. The van der Waals surface area contributed by atoms with Crippen LogP contribution >= 0.6 is 22.6 Å². The maximum atomic E-state index is 4.25. The number of hydrogen-bond acceptors (Lipinski definition) is 2. The van der Waals surface area contributed by atoms with E-state index in [2.05, 4.69) is 69.3 Å². The van der Waals surface area contributed by atoms with Crippen LogP contribution < -0.4 is 5.32 Å². The fraction of sp³-hybridized carbons (Fsp3) is 0.267. The topological polar surface area (TPSA) is 24.9 Å². The lowest BCUT2D eigenvalue weighted by Gasteiger charge is -2.17. The molecule has 2 rings (SSSR count). The van der Waals surface area contributed by atoms with Gasteiger partial charge in [-0.2, -0.15) is 0 Å². The Bertz CT molecular complexity index is 508. The predicted molar refractivity (Wildman–Crippen MR) is 83.6 cm³/mol. The second-order valence-electron chi connectivity index (χ2n) is 4.40. The molecule has 0 spiro atoms. The molecule has 0 saturated heterocycles. The Kier molecular flexibility index (Phi) is 4.72. The van der Waals surface area contributed by atoms with Crippen molar-refractivity contribution in [3.05, 3.63) is 63.0 Å². The quantitative estimate of drug-likeness (QED) is 0.852. The number of aromatic nitrogens is 1. The second kappa shape index (κ2) is 6.29. The predicted octanol–water partition coefficient (Wildman–Crippen LogP) is 3.50. The van der Waals surface area contributed by atoms with Crippen LogP contribution in [0.3, 0.4) is 0 Å². The monoisotopic (exact) mass is 352 g/mol. The minimum atomic E-state index is 0.340. The van der Waals surface area contributed by atoms with Crippen molar-refractivity contribution in [3.8, 4) is 0 Å². The first-order chi connectivity index (χ1) is 8.69. The molecule has 1 aromatic carbocycles. The van der Waals surface area contributed by atoms with Gasteiger partial charge in [0.2, 0.25) is 0 Å². The van der Waals surface area contributed by atoms with Crippen molar-refractivity contribution in [2.75, 3.05) is 7.05 Å². The fourth-order valence-corrected chi connectivity index (χ4v) is 2.39. The van der Waals surface area contributed by atoms with E-state index in [1.54, 1.807) is 0 Å². The van der Waals surface area contributed by atoms with Crippen molar-refractivity contribution >= 4 is 22.6 Å². The molecule has 94 valence electrons. The van der Waals surface area contributed by atoms with Crippen molar-refractivity contribution < 1.29 is 0 Å². The van der Waals surface area contributed by atoms with Crippen LogP contribution in [-0.2, 0) is 6.42 Å². The number of nitrogens with zero attached hydrogens (tertiary/aromatic N) is 1. The molecule has 0 radical (unpaired) electrons. The number of nitrogens with one attached hydrogen (secondary N) is 1. The van der Waals surface area contributed by atoms with Gasteiger partial charge in [-0.25, -0.2) is 0 Å². The molecular formula is C15H17IN2. The van der Waals surface area contributed by atoms with Gasteiger partial charge in [0.25, 0.3) is 0 Å². The lowest BCUT2D eigenvalue weighted by molar-refractivity contribution is 0.591. The molecule has 1 heterocycles.